The molecule has 4 nitrogen and oxygen atoms in total. The molecule has 0 spiro atoms. The Morgan fingerprint density at radius 2 is 1.81 bits per heavy atom. The number of carbonyl (C=O) groups excluding carboxylic acids is 2. The number of hydrogen-bond donors (Lipinski definition) is 0. The van der Waals surface area contributed by atoms with E-state index in [0.717, 1.165) is 16.2 Å². The molecule has 1 heterocycles. The molecule has 1 aromatic heterocycles. The van der Waals surface area contributed by atoms with Gasteiger partial charge in [0.15, 0.2) is 5.78 Å². The molecule has 0 aliphatic carbocycles. The van der Waals surface area contributed by atoms with Gasteiger partial charge in [0.1, 0.15) is 5.69 Å². The summed E-state index contributed by atoms with van der Waals surface area (Å²) in [6.07, 6.45) is 0. The number of aromatic nitrogens is 1. The fraction of sp³-hybridized carbons (Fsp3) is 0.118. The van der Waals surface area contributed by atoms with Crippen LogP contribution in [0.2, 0.25) is 0 Å². The van der Waals surface area contributed by atoms with E-state index >= 15 is 0 Å². The van der Waals surface area contributed by atoms with Crippen molar-refractivity contribution >= 4 is 33.4 Å². The van der Waals surface area contributed by atoms with Crippen molar-refractivity contribution in [3.63, 3.8) is 0 Å². The number of rotatable bonds is 2. The minimum atomic E-state index is -0.549. The van der Waals surface area contributed by atoms with Gasteiger partial charge in [0.05, 0.1) is 12.6 Å². The third kappa shape index (κ3) is 2.14. The number of carbonyl (C=O) groups is 2. The van der Waals surface area contributed by atoms with Crippen molar-refractivity contribution in [2.75, 3.05) is 7.11 Å². The summed E-state index contributed by atoms with van der Waals surface area (Å²) in [7, 11) is 1.30. The molecule has 0 unspecified atom stereocenters. The van der Waals surface area contributed by atoms with Gasteiger partial charge in [0.25, 0.3) is 0 Å². The number of nitrogens with zero attached hydrogens (tertiary/aromatic N) is 1. The van der Waals surface area contributed by atoms with Crippen molar-refractivity contribution in [2.24, 2.45) is 0 Å². The molecule has 0 amide bonds. The molecule has 0 N–H and O–H groups in total. The average Bonchev–Trinajstić information content (AvgIpc) is 2.52. The van der Waals surface area contributed by atoms with Crippen LogP contribution in [0.15, 0.2) is 42.5 Å². The number of pyridine rings is 1. The molecule has 21 heavy (non-hydrogen) atoms. The highest BCUT2D eigenvalue weighted by molar-refractivity contribution is 6.14. The molecule has 0 fully saturated rings. The second-order valence-electron chi connectivity index (χ2n) is 4.79. The van der Waals surface area contributed by atoms with Gasteiger partial charge >= 0.3 is 5.97 Å². The van der Waals surface area contributed by atoms with E-state index < -0.39 is 5.97 Å². The molecule has 0 saturated carbocycles. The second-order valence-corrected chi connectivity index (χ2v) is 4.79. The molecule has 0 saturated heterocycles. The standard InChI is InChI=1S/C17H13NO3/c1-10(19)14-9-15(17(20)21-2)18-16-12-6-4-3-5-11(12)7-8-13(14)16/h3-9H,1-2H3. The van der Waals surface area contributed by atoms with Crippen molar-refractivity contribution in [3.8, 4) is 0 Å². The predicted molar refractivity (Wildman–Crippen MR) is 80.6 cm³/mol. The number of hydrogen-bond acceptors (Lipinski definition) is 4. The van der Waals surface area contributed by atoms with E-state index in [1.54, 1.807) is 0 Å². The second kappa shape index (κ2) is 4.98. The van der Waals surface area contributed by atoms with Gasteiger partial charge in [-0.05, 0) is 18.4 Å². The molecular weight excluding hydrogens is 266 g/mol. The van der Waals surface area contributed by atoms with Crippen LogP contribution in [0.1, 0.15) is 27.8 Å². The topological polar surface area (TPSA) is 56.3 Å². The number of Topliss-reactive ketones (excluding diaryl/α,β-unsaturated/α-hetero) is 1. The zero-order valence-electron chi connectivity index (χ0n) is 11.7. The third-order valence-corrected chi connectivity index (χ3v) is 3.48. The van der Waals surface area contributed by atoms with Crippen LogP contribution in [0, 0.1) is 0 Å². The highest BCUT2D eigenvalue weighted by Crippen LogP contribution is 2.27. The van der Waals surface area contributed by atoms with Gasteiger partial charge in [-0.3, -0.25) is 4.79 Å². The quantitative estimate of drug-likeness (QED) is 0.410. The maximum absolute atomic E-state index is 11.9. The SMILES string of the molecule is COC(=O)c1cc(C(C)=O)c2ccc3ccccc3c2n1. The molecule has 0 atom stereocenters. The maximum atomic E-state index is 11.9. The number of esters is 1. The zero-order chi connectivity index (χ0) is 15.0. The Morgan fingerprint density at radius 3 is 2.52 bits per heavy atom. The molecule has 3 aromatic rings. The first-order valence-corrected chi connectivity index (χ1v) is 6.53. The fourth-order valence-electron chi connectivity index (χ4n) is 2.46. The summed E-state index contributed by atoms with van der Waals surface area (Å²) in [4.78, 5) is 28.0. The number of ether oxygens (including phenoxy) is 1. The lowest BCUT2D eigenvalue weighted by atomic mass is 10.00. The summed E-state index contributed by atoms with van der Waals surface area (Å²) in [5, 5.41) is 2.66. The number of ketones is 1. The van der Waals surface area contributed by atoms with Crippen LogP contribution in [-0.2, 0) is 4.74 Å². The smallest absolute Gasteiger partial charge is 0.356 e. The summed E-state index contributed by atoms with van der Waals surface area (Å²) in [6, 6.07) is 13.0. The summed E-state index contributed by atoms with van der Waals surface area (Å²) < 4.78 is 4.72. The Kier molecular flexibility index (Phi) is 3.14. The molecule has 3 rings (SSSR count). The van der Waals surface area contributed by atoms with Gasteiger partial charge in [-0.25, -0.2) is 9.78 Å². The number of methoxy groups -OCH3 is 1. The lowest BCUT2D eigenvalue weighted by Crippen LogP contribution is -2.07. The van der Waals surface area contributed by atoms with Crippen molar-refractivity contribution in [3.05, 3.63) is 53.7 Å². The van der Waals surface area contributed by atoms with Crippen molar-refractivity contribution in [2.45, 2.75) is 6.92 Å². The van der Waals surface area contributed by atoms with E-state index in [2.05, 4.69) is 4.98 Å². The molecule has 0 aliphatic rings. The number of benzene rings is 2. The molecule has 0 bridgehead atoms. The van der Waals surface area contributed by atoms with E-state index in [9.17, 15) is 9.59 Å². The van der Waals surface area contributed by atoms with Crippen molar-refractivity contribution < 1.29 is 14.3 Å². The Morgan fingerprint density at radius 1 is 1.05 bits per heavy atom. The summed E-state index contributed by atoms with van der Waals surface area (Å²) in [5.74, 6) is -0.657. The first kappa shape index (κ1) is 13.2. The van der Waals surface area contributed by atoms with Crippen LogP contribution in [0.5, 0.6) is 0 Å². The normalized spacial score (nSPS) is 10.8. The van der Waals surface area contributed by atoms with E-state index in [1.165, 1.54) is 20.1 Å². The van der Waals surface area contributed by atoms with E-state index in [-0.39, 0.29) is 11.5 Å². The Balaban J connectivity index is 2.47. The molecule has 0 aliphatic heterocycles. The van der Waals surface area contributed by atoms with Gasteiger partial charge in [0, 0.05) is 16.3 Å². The summed E-state index contributed by atoms with van der Waals surface area (Å²) >= 11 is 0. The highest BCUT2D eigenvalue weighted by Gasteiger charge is 2.16. The lowest BCUT2D eigenvalue weighted by molar-refractivity contribution is 0.0594. The Hall–Kier alpha value is -2.75. The Labute approximate surface area is 121 Å². The molecular formula is C17H13NO3. The Bertz CT molecular complexity index is 884. The van der Waals surface area contributed by atoms with Gasteiger partial charge < -0.3 is 4.74 Å². The fourth-order valence-corrected chi connectivity index (χ4v) is 2.46. The van der Waals surface area contributed by atoms with Crippen molar-refractivity contribution in [1.29, 1.82) is 0 Å². The first-order valence-electron chi connectivity index (χ1n) is 6.53. The molecule has 4 heteroatoms. The highest BCUT2D eigenvalue weighted by atomic mass is 16.5. The average molecular weight is 279 g/mol. The predicted octanol–water partition coefficient (Wildman–Crippen LogP) is 3.38. The van der Waals surface area contributed by atoms with Crippen LogP contribution in [0.25, 0.3) is 21.7 Å². The van der Waals surface area contributed by atoms with Crippen LogP contribution >= 0.6 is 0 Å². The van der Waals surface area contributed by atoms with Crippen LogP contribution in [-0.4, -0.2) is 23.8 Å². The van der Waals surface area contributed by atoms with E-state index in [1.807, 2.05) is 36.4 Å². The van der Waals surface area contributed by atoms with Crippen LogP contribution in [0.4, 0.5) is 0 Å². The minimum absolute atomic E-state index is 0.108. The minimum Gasteiger partial charge on any atom is -0.464 e. The number of fused-ring (bicyclic) bond motifs is 3. The third-order valence-electron chi connectivity index (χ3n) is 3.48. The van der Waals surface area contributed by atoms with Crippen LogP contribution in [0.3, 0.4) is 0 Å². The van der Waals surface area contributed by atoms with Gasteiger partial charge in [-0.2, -0.15) is 0 Å². The van der Waals surface area contributed by atoms with Gasteiger partial charge in [-0.1, -0.05) is 36.4 Å². The first-order chi connectivity index (χ1) is 10.1. The lowest BCUT2D eigenvalue weighted by Gasteiger charge is -2.09. The molecule has 104 valence electrons. The van der Waals surface area contributed by atoms with E-state index in [4.69, 9.17) is 4.74 Å². The van der Waals surface area contributed by atoms with Gasteiger partial charge in [0.2, 0.25) is 0 Å². The monoisotopic (exact) mass is 279 g/mol. The largest absolute Gasteiger partial charge is 0.464 e. The van der Waals surface area contributed by atoms with Gasteiger partial charge in [-0.15, -0.1) is 0 Å². The summed E-state index contributed by atoms with van der Waals surface area (Å²) in [6.45, 7) is 1.48. The summed E-state index contributed by atoms with van der Waals surface area (Å²) in [5.41, 5.74) is 1.26. The van der Waals surface area contributed by atoms with Crippen LogP contribution < -0.4 is 0 Å². The van der Waals surface area contributed by atoms with Crippen molar-refractivity contribution in [1.82, 2.24) is 4.98 Å². The molecule has 2 aromatic carbocycles. The zero-order valence-corrected chi connectivity index (χ0v) is 11.7. The maximum Gasteiger partial charge on any atom is 0.356 e. The van der Waals surface area contributed by atoms with E-state index in [0.29, 0.717) is 11.1 Å². The molecule has 0 radical (unpaired) electrons.